The Morgan fingerprint density at radius 1 is 1.22 bits per heavy atom. The third-order valence-corrected chi connectivity index (χ3v) is 3.34. The average Bonchev–Trinajstić information content (AvgIpc) is 2.97. The Bertz CT molecular complexity index is 548. The number of benzene rings is 1. The maximum absolute atomic E-state index is 4.93. The number of rotatable bonds is 4. The second-order valence-electron chi connectivity index (χ2n) is 4.79. The molecule has 3 rings (SSSR count). The quantitative estimate of drug-likeness (QED) is 0.894. The Hall–Kier alpha value is -1.68. The Balaban J connectivity index is 1.57. The van der Waals surface area contributed by atoms with E-state index in [9.17, 15) is 0 Å². The number of nitrogens with zero attached hydrogens (tertiary/aromatic N) is 2. The van der Waals surface area contributed by atoms with Crippen LogP contribution in [0.15, 0.2) is 22.7 Å². The smallest absolute Gasteiger partial charge is 0.223 e. The molecule has 0 aliphatic heterocycles. The fourth-order valence-corrected chi connectivity index (χ4v) is 2.47. The van der Waals surface area contributed by atoms with E-state index >= 15 is 0 Å². The van der Waals surface area contributed by atoms with Gasteiger partial charge in [0.25, 0.3) is 0 Å². The molecule has 0 amide bonds. The topological polar surface area (TPSA) is 51.0 Å². The molecule has 1 N–H and O–H groups in total. The molecular formula is C14H17N3O. The van der Waals surface area contributed by atoms with Crippen LogP contribution in [0.4, 0.5) is 0 Å². The highest BCUT2D eigenvalue weighted by Gasteiger charge is 2.10. The first-order chi connectivity index (χ1) is 8.81. The minimum Gasteiger partial charge on any atom is -0.340 e. The summed E-state index contributed by atoms with van der Waals surface area (Å²) < 4.78 is 4.93. The minimum absolute atomic E-state index is 0.615. The van der Waals surface area contributed by atoms with Crippen LogP contribution in [0.3, 0.4) is 0 Å². The average molecular weight is 243 g/mol. The van der Waals surface area contributed by atoms with Crippen molar-refractivity contribution in [2.75, 3.05) is 0 Å². The SMILES string of the molecule is Cc1nc(CNCc2ccc3c(c2)CCC3)no1. The molecule has 1 aliphatic rings. The minimum atomic E-state index is 0.615. The Kier molecular flexibility index (Phi) is 3.11. The van der Waals surface area contributed by atoms with Gasteiger partial charge in [0.05, 0.1) is 6.54 Å². The van der Waals surface area contributed by atoms with Crippen LogP contribution in [0, 0.1) is 6.92 Å². The number of aromatic nitrogens is 2. The standard InChI is InChI=1S/C14H17N3O/c1-10-16-14(17-18-10)9-15-8-11-5-6-12-3-2-4-13(12)7-11/h5-7,15H,2-4,8-9H2,1H3. The summed E-state index contributed by atoms with van der Waals surface area (Å²) in [6.45, 7) is 3.30. The zero-order chi connectivity index (χ0) is 12.4. The van der Waals surface area contributed by atoms with E-state index in [2.05, 4.69) is 33.7 Å². The van der Waals surface area contributed by atoms with Crippen LogP contribution < -0.4 is 5.32 Å². The van der Waals surface area contributed by atoms with Gasteiger partial charge in [-0.15, -0.1) is 0 Å². The number of nitrogens with one attached hydrogen (secondary N) is 1. The summed E-state index contributed by atoms with van der Waals surface area (Å²) in [6.07, 6.45) is 3.77. The van der Waals surface area contributed by atoms with E-state index in [0.717, 1.165) is 6.54 Å². The fraction of sp³-hybridized carbons (Fsp3) is 0.429. The van der Waals surface area contributed by atoms with Gasteiger partial charge in [-0.05, 0) is 36.0 Å². The third kappa shape index (κ3) is 2.43. The molecule has 1 aromatic carbocycles. The van der Waals surface area contributed by atoms with Gasteiger partial charge in [-0.25, -0.2) is 0 Å². The molecule has 0 bridgehead atoms. The highest BCUT2D eigenvalue weighted by molar-refractivity contribution is 5.35. The van der Waals surface area contributed by atoms with Gasteiger partial charge in [-0.2, -0.15) is 4.98 Å². The predicted molar refractivity (Wildman–Crippen MR) is 68.0 cm³/mol. The van der Waals surface area contributed by atoms with E-state index in [-0.39, 0.29) is 0 Å². The monoisotopic (exact) mass is 243 g/mol. The second kappa shape index (κ2) is 4.90. The van der Waals surface area contributed by atoms with Gasteiger partial charge in [0, 0.05) is 13.5 Å². The zero-order valence-electron chi connectivity index (χ0n) is 10.6. The van der Waals surface area contributed by atoms with Crippen LogP contribution in [-0.2, 0) is 25.9 Å². The summed E-state index contributed by atoms with van der Waals surface area (Å²) >= 11 is 0. The molecule has 0 fully saturated rings. The fourth-order valence-electron chi connectivity index (χ4n) is 2.47. The normalized spacial score (nSPS) is 13.8. The number of fused-ring (bicyclic) bond motifs is 1. The molecule has 0 saturated heterocycles. The third-order valence-electron chi connectivity index (χ3n) is 3.34. The van der Waals surface area contributed by atoms with Crippen LogP contribution in [0.5, 0.6) is 0 Å². The van der Waals surface area contributed by atoms with E-state index in [1.807, 2.05) is 0 Å². The number of aryl methyl sites for hydroxylation is 3. The first kappa shape index (κ1) is 11.4. The van der Waals surface area contributed by atoms with Crippen molar-refractivity contribution in [1.82, 2.24) is 15.5 Å². The molecule has 4 heteroatoms. The van der Waals surface area contributed by atoms with Gasteiger partial charge in [-0.3, -0.25) is 0 Å². The highest BCUT2D eigenvalue weighted by atomic mass is 16.5. The molecule has 18 heavy (non-hydrogen) atoms. The first-order valence-corrected chi connectivity index (χ1v) is 6.42. The Morgan fingerprint density at radius 3 is 2.94 bits per heavy atom. The van der Waals surface area contributed by atoms with Gasteiger partial charge < -0.3 is 9.84 Å². The van der Waals surface area contributed by atoms with Gasteiger partial charge in [0.15, 0.2) is 5.82 Å². The number of hydrogen-bond donors (Lipinski definition) is 1. The summed E-state index contributed by atoms with van der Waals surface area (Å²) in [6, 6.07) is 6.79. The maximum atomic E-state index is 4.93. The van der Waals surface area contributed by atoms with E-state index in [0.29, 0.717) is 18.3 Å². The molecule has 0 radical (unpaired) electrons. The van der Waals surface area contributed by atoms with E-state index in [1.165, 1.54) is 36.0 Å². The van der Waals surface area contributed by atoms with Crippen LogP contribution >= 0.6 is 0 Å². The lowest BCUT2D eigenvalue weighted by Crippen LogP contribution is -2.13. The molecule has 0 spiro atoms. The molecular weight excluding hydrogens is 226 g/mol. The van der Waals surface area contributed by atoms with Crippen LogP contribution in [0.1, 0.15) is 34.8 Å². The highest BCUT2D eigenvalue weighted by Crippen LogP contribution is 2.22. The lowest BCUT2D eigenvalue weighted by Gasteiger charge is -2.05. The molecule has 94 valence electrons. The molecule has 0 saturated carbocycles. The zero-order valence-corrected chi connectivity index (χ0v) is 10.6. The maximum Gasteiger partial charge on any atom is 0.223 e. The van der Waals surface area contributed by atoms with Crippen molar-refractivity contribution in [3.05, 3.63) is 46.6 Å². The number of hydrogen-bond acceptors (Lipinski definition) is 4. The Morgan fingerprint density at radius 2 is 2.11 bits per heavy atom. The van der Waals surface area contributed by atoms with E-state index < -0.39 is 0 Å². The predicted octanol–water partition coefficient (Wildman–Crippen LogP) is 2.16. The van der Waals surface area contributed by atoms with E-state index in [4.69, 9.17) is 4.52 Å². The van der Waals surface area contributed by atoms with Crippen LogP contribution in [-0.4, -0.2) is 10.1 Å². The van der Waals surface area contributed by atoms with Crippen molar-refractivity contribution in [3.63, 3.8) is 0 Å². The van der Waals surface area contributed by atoms with Gasteiger partial charge in [-0.1, -0.05) is 23.4 Å². The van der Waals surface area contributed by atoms with Crippen molar-refractivity contribution in [3.8, 4) is 0 Å². The van der Waals surface area contributed by atoms with Gasteiger partial charge >= 0.3 is 0 Å². The molecule has 4 nitrogen and oxygen atoms in total. The molecule has 0 atom stereocenters. The van der Waals surface area contributed by atoms with Crippen LogP contribution in [0.2, 0.25) is 0 Å². The molecule has 1 heterocycles. The van der Waals surface area contributed by atoms with E-state index in [1.54, 1.807) is 6.92 Å². The van der Waals surface area contributed by atoms with Crippen molar-refractivity contribution in [1.29, 1.82) is 0 Å². The van der Waals surface area contributed by atoms with Crippen molar-refractivity contribution in [2.24, 2.45) is 0 Å². The molecule has 0 unspecified atom stereocenters. The van der Waals surface area contributed by atoms with Crippen molar-refractivity contribution < 1.29 is 4.52 Å². The molecule has 1 aromatic heterocycles. The van der Waals surface area contributed by atoms with Crippen molar-refractivity contribution in [2.45, 2.75) is 39.3 Å². The first-order valence-electron chi connectivity index (χ1n) is 6.42. The lowest BCUT2D eigenvalue weighted by atomic mass is 10.1. The molecule has 1 aliphatic carbocycles. The van der Waals surface area contributed by atoms with Crippen LogP contribution in [0.25, 0.3) is 0 Å². The van der Waals surface area contributed by atoms with Gasteiger partial charge in [0.1, 0.15) is 0 Å². The van der Waals surface area contributed by atoms with Gasteiger partial charge in [0.2, 0.25) is 5.89 Å². The van der Waals surface area contributed by atoms with Crippen molar-refractivity contribution >= 4 is 0 Å². The summed E-state index contributed by atoms with van der Waals surface area (Å²) in [7, 11) is 0. The lowest BCUT2D eigenvalue weighted by molar-refractivity contribution is 0.385. The largest absolute Gasteiger partial charge is 0.340 e. The second-order valence-corrected chi connectivity index (χ2v) is 4.79. The molecule has 2 aromatic rings. The summed E-state index contributed by atoms with van der Waals surface area (Å²) in [4.78, 5) is 4.16. The summed E-state index contributed by atoms with van der Waals surface area (Å²) in [5, 5.41) is 7.19. The Labute approximate surface area is 106 Å². The summed E-state index contributed by atoms with van der Waals surface area (Å²) in [5.74, 6) is 1.33. The summed E-state index contributed by atoms with van der Waals surface area (Å²) in [5.41, 5.74) is 4.37.